The van der Waals surface area contributed by atoms with Crippen molar-refractivity contribution in [2.75, 3.05) is 19.8 Å². The molecule has 152 valence electrons. The Morgan fingerprint density at radius 3 is 2.17 bits per heavy atom. The zero-order chi connectivity index (χ0) is 20.5. The molecule has 0 unspecified atom stereocenters. The van der Waals surface area contributed by atoms with Crippen molar-refractivity contribution < 1.29 is 135 Å². The summed E-state index contributed by atoms with van der Waals surface area (Å²) in [6.45, 7) is 9.01. The standard InChI is InChI=1S/C19H28N2O4.C2H6.2Rb/c1-15(2)13-17(22)9-6-11-25-12-10-20-18(23)14-19(24)21-16-7-4-3-5-8-16;1-2;;/h3-5,7-8,15H,6,9-14H2,1-2H3,(H2,20,21,23,24);1-2H3;;/q;;2*+1/p-2. The van der Waals surface area contributed by atoms with E-state index in [9.17, 15) is 14.4 Å². The summed E-state index contributed by atoms with van der Waals surface area (Å²) < 4.78 is 5.33. The van der Waals surface area contributed by atoms with Crippen molar-refractivity contribution in [2.24, 2.45) is 5.92 Å². The van der Waals surface area contributed by atoms with Gasteiger partial charge in [0, 0.05) is 32.5 Å². The van der Waals surface area contributed by atoms with Crippen molar-refractivity contribution in [2.45, 2.75) is 53.4 Å². The van der Waals surface area contributed by atoms with E-state index in [1.807, 2.05) is 33.8 Å². The van der Waals surface area contributed by atoms with E-state index in [0.29, 0.717) is 44.1 Å². The maximum Gasteiger partial charge on any atom is 1.00 e. The minimum Gasteiger partial charge on any atom is -0.651 e. The van der Waals surface area contributed by atoms with Crippen molar-refractivity contribution in [3.05, 3.63) is 41.0 Å². The van der Waals surface area contributed by atoms with Gasteiger partial charge in [0.2, 0.25) is 0 Å². The Balaban J connectivity index is -0.00000163. The van der Waals surface area contributed by atoms with Crippen molar-refractivity contribution in [3.63, 3.8) is 0 Å². The van der Waals surface area contributed by atoms with Gasteiger partial charge >= 0.3 is 116 Å². The Morgan fingerprint density at radius 1 is 0.966 bits per heavy atom. The molecule has 0 saturated carbocycles. The second-order valence-corrected chi connectivity index (χ2v) is 6.15. The van der Waals surface area contributed by atoms with Gasteiger partial charge in [-0.25, -0.2) is 0 Å². The molecule has 0 spiro atoms. The van der Waals surface area contributed by atoms with Gasteiger partial charge in [-0.2, -0.15) is 0 Å². The molecule has 1 aromatic carbocycles. The topological polar surface area (TPSA) is 88.6 Å². The second kappa shape index (κ2) is 24.1. The molecule has 0 bridgehead atoms. The molecular weight excluding hydrogens is 515 g/mol. The van der Waals surface area contributed by atoms with Gasteiger partial charge in [-0.05, 0) is 12.3 Å². The number of ketones is 1. The molecule has 0 fully saturated rings. The zero-order valence-corrected chi connectivity index (χ0v) is 28.8. The van der Waals surface area contributed by atoms with E-state index in [2.05, 4.69) is 10.6 Å². The van der Waals surface area contributed by atoms with Crippen LogP contribution in [0.25, 0.3) is 10.6 Å². The molecule has 6 nitrogen and oxygen atoms in total. The van der Waals surface area contributed by atoms with E-state index in [-0.39, 0.29) is 135 Å². The van der Waals surface area contributed by atoms with Crippen LogP contribution in [0.15, 0.2) is 30.3 Å². The SMILES string of the molecule is CC.CC(C)CC(=O)CCCOCC[N-]C(=O)CC(=O)[N-]c1ccccc1.[Rb+].[Rb+]. The first-order chi connectivity index (χ1) is 13.0. The third kappa shape index (κ3) is 22.4. The third-order valence-electron chi connectivity index (χ3n) is 3.22. The molecule has 0 aliphatic rings. The molecule has 2 amide bonds. The molecule has 0 aromatic heterocycles. The number of hydrogen-bond acceptors (Lipinski definition) is 4. The minimum absolute atomic E-state index is 0. The van der Waals surface area contributed by atoms with Gasteiger partial charge in [0.25, 0.3) is 0 Å². The van der Waals surface area contributed by atoms with E-state index in [0.717, 1.165) is 0 Å². The summed E-state index contributed by atoms with van der Waals surface area (Å²) in [7, 11) is 0. The van der Waals surface area contributed by atoms with Crippen LogP contribution < -0.4 is 116 Å². The summed E-state index contributed by atoms with van der Waals surface area (Å²) >= 11 is 0. The predicted molar refractivity (Wildman–Crippen MR) is 108 cm³/mol. The molecule has 0 radical (unpaired) electrons. The number of ether oxygens (including phenoxy) is 1. The van der Waals surface area contributed by atoms with Crippen LogP contribution in [0.5, 0.6) is 0 Å². The largest absolute Gasteiger partial charge is 1.00 e. The van der Waals surface area contributed by atoms with Crippen LogP contribution in [-0.2, 0) is 19.1 Å². The number of rotatable bonds is 12. The summed E-state index contributed by atoms with van der Waals surface area (Å²) in [5.74, 6) is -0.376. The first kappa shape index (κ1) is 35.0. The summed E-state index contributed by atoms with van der Waals surface area (Å²) in [6.07, 6.45) is 1.46. The van der Waals surface area contributed by atoms with E-state index < -0.39 is 11.8 Å². The maximum absolute atomic E-state index is 11.6. The van der Waals surface area contributed by atoms with E-state index in [1.165, 1.54) is 0 Å². The average Bonchev–Trinajstić information content (AvgIpc) is 2.62. The molecular formula is C21H32N2O4Rb2. The Kier molecular flexibility index (Phi) is 29.0. The van der Waals surface area contributed by atoms with Gasteiger partial charge in [0.05, 0.1) is 11.8 Å². The van der Waals surface area contributed by atoms with Gasteiger partial charge in [-0.15, -0.1) is 12.2 Å². The van der Waals surface area contributed by atoms with Gasteiger partial charge in [0.1, 0.15) is 5.78 Å². The molecule has 0 heterocycles. The van der Waals surface area contributed by atoms with Crippen molar-refractivity contribution in [3.8, 4) is 0 Å². The number of nitrogens with zero attached hydrogens (tertiary/aromatic N) is 2. The number of benzene rings is 1. The number of amides is 2. The summed E-state index contributed by atoms with van der Waals surface area (Å²) in [5.41, 5.74) is 0.524. The monoisotopic (exact) mass is 546 g/mol. The van der Waals surface area contributed by atoms with Gasteiger partial charge < -0.3 is 25.0 Å². The maximum atomic E-state index is 11.6. The number of Topliss-reactive ketones (excluding diaryl/α,β-unsaturated/α-hetero) is 1. The minimum atomic E-state index is -0.510. The third-order valence-corrected chi connectivity index (χ3v) is 3.22. The molecule has 0 saturated heterocycles. The molecule has 0 N–H and O–H groups in total. The molecule has 0 aliphatic heterocycles. The summed E-state index contributed by atoms with van der Waals surface area (Å²) in [4.78, 5) is 34.7. The number of para-hydroxylation sites is 1. The smallest absolute Gasteiger partial charge is 0.651 e. The predicted octanol–water partition coefficient (Wildman–Crippen LogP) is -1.04. The van der Waals surface area contributed by atoms with E-state index in [4.69, 9.17) is 4.74 Å². The summed E-state index contributed by atoms with van der Waals surface area (Å²) in [6, 6.07) is 8.75. The van der Waals surface area contributed by atoms with Crippen molar-refractivity contribution in [1.82, 2.24) is 0 Å². The molecule has 1 rings (SSSR count). The number of carbonyl (C=O) groups excluding carboxylic acids is 3. The second-order valence-electron chi connectivity index (χ2n) is 6.15. The fourth-order valence-electron chi connectivity index (χ4n) is 2.14. The van der Waals surface area contributed by atoms with Crippen LogP contribution in [-0.4, -0.2) is 37.4 Å². The van der Waals surface area contributed by atoms with Crippen LogP contribution in [0, 0.1) is 5.92 Å². The molecule has 0 aliphatic carbocycles. The molecule has 0 atom stereocenters. The Bertz CT molecular complexity index is 555. The number of hydrogen-bond donors (Lipinski definition) is 0. The first-order valence-corrected chi connectivity index (χ1v) is 9.56. The van der Waals surface area contributed by atoms with Gasteiger partial charge in [-0.3, -0.25) is 4.79 Å². The van der Waals surface area contributed by atoms with Crippen LogP contribution in [0.3, 0.4) is 0 Å². The first-order valence-electron chi connectivity index (χ1n) is 9.56. The Morgan fingerprint density at radius 2 is 1.59 bits per heavy atom. The van der Waals surface area contributed by atoms with Gasteiger partial charge in [-0.1, -0.05) is 58.0 Å². The van der Waals surface area contributed by atoms with Crippen molar-refractivity contribution in [1.29, 1.82) is 0 Å². The van der Waals surface area contributed by atoms with Crippen LogP contribution in [0.1, 0.15) is 53.4 Å². The fourth-order valence-corrected chi connectivity index (χ4v) is 2.14. The molecule has 29 heavy (non-hydrogen) atoms. The van der Waals surface area contributed by atoms with Crippen LogP contribution in [0.4, 0.5) is 5.69 Å². The van der Waals surface area contributed by atoms with Crippen LogP contribution in [0.2, 0.25) is 0 Å². The average molecular weight is 547 g/mol. The van der Waals surface area contributed by atoms with Crippen molar-refractivity contribution >= 4 is 23.3 Å². The molecule has 8 heteroatoms. The molecule has 1 aromatic rings. The Hall–Kier alpha value is 1.40. The Labute approximate surface area is 273 Å². The van der Waals surface area contributed by atoms with E-state index in [1.54, 1.807) is 24.3 Å². The van der Waals surface area contributed by atoms with Gasteiger partial charge in [0.15, 0.2) is 0 Å². The quantitative estimate of drug-likeness (QED) is 0.247. The summed E-state index contributed by atoms with van der Waals surface area (Å²) in [5, 5.41) is 7.59. The fraction of sp³-hybridized carbons (Fsp3) is 0.571. The zero-order valence-electron chi connectivity index (χ0n) is 18.9. The number of carbonyl (C=O) groups is 3. The normalized spacial score (nSPS) is 9.28. The van der Waals surface area contributed by atoms with E-state index >= 15 is 0 Å². The van der Waals surface area contributed by atoms with Crippen LogP contribution >= 0.6 is 0 Å².